The number of imidazole rings is 1. The van der Waals surface area contributed by atoms with Crippen molar-refractivity contribution in [2.75, 3.05) is 6.61 Å². The van der Waals surface area contributed by atoms with Crippen molar-refractivity contribution < 1.29 is 9.53 Å². The number of nitrogens with one attached hydrogen (secondary N) is 1. The van der Waals surface area contributed by atoms with Crippen molar-refractivity contribution in [2.45, 2.75) is 19.9 Å². The zero-order chi connectivity index (χ0) is 17.1. The van der Waals surface area contributed by atoms with Crippen LogP contribution in [0.3, 0.4) is 0 Å². The zero-order valence-corrected chi connectivity index (χ0v) is 14.3. The fourth-order valence-corrected chi connectivity index (χ4v) is 2.80. The van der Waals surface area contributed by atoms with Crippen LogP contribution in [0.15, 0.2) is 48.1 Å². The molecular weight excluding hydrogens is 324 g/mol. The predicted molar refractivity (Wildman–Crippen MR) is 93.5 cm³/mol. The Balaban J connectivity index is 1.74. The molecule has 7 heteroatoms. The summed E-state index contributed by atoms with van der Waals surface area (Å²) >= 11 is 1.45. The van der Waals surface area contributed by atoms with E-state index in [4.69, 9.17) is 4.74 Å². The van der Waals surface area contributed by atoms with Crippen molar-refractivity contribution in [1.82, 2.24) is 19.9 Å². The van der Waals surface area contributed by atoms with Crippen molar-refractivity contribution in [2.24, 2.45) is 0 Å². The summed E-state index contributed by atoms with van der Waals surface area (Å²) < 4.78 is 7.36. The Kier molecular flexibility index (Phi) is 4.61. The summed E-state index contributed by atoms with van der Waals surface area (Å²) in [6, 6.07) is 6.93. The first-order chi connectivity index (χ1) is 11.5. The fraction of sp³-hybridized carbons (Fsp3) is 0.235. The van der Waals surface area contributed by atoms with Crippen molar-refractivity contribution in [3.63, 3.8) is 0 Å². The average Bonchev–Trinajstić information content (AvgIpc) is 3.14. The van der Waals surface area contributed by atoms with Gasteiger partial charge in [0, 0.05) is 0 Å². The van der Waals surface area contributed by atoms with Gasteiger partial charge in [-0.25, -0.2) is 9.50 Å². The molecule has 3 rings (SSSR count). The Bertz CT molecular complexity index is 855. The molecule has 0 unspecified atom stereocenters. The Labute approximate surface area is 143 Å². The summed E-state index contributed by atoms with van der Waals surface area (Å²) in [6.07, 6.45) is 1.82. The van der Waals surface area contributed by atoms with E-state index >= 15 is 0 Å². The maximum atomic E-state index is 12.6. The molecule has 0 bridgehead atoms. The van der Waals surface area contributed by atoms with Gasteiger partial charge in [-0.3, -0.25) is 4.79 Å². The van der Waals surface area contributed by atoms with Crippen molar-refractivity contribution in [3.05, 3.63) is 59.4 Å². The van der Waals surface area contributed by atoms with E-state index in [0.717, 1.165) is 16.2 Å². The van der Waals surface area contributed by atoms with Crippen LogP contribution in [0.5, 0.6) is 5.75 Å². The lowest BCUT2D eigenvalue weighted by molar-refractivity contribution is 0.0935. The number of benzene rings is 1. The normalized spacial score (nSPS) is 12.1. The van der Waals surface area contributed by atoms with Crippen LogP contribution in [0, 0.1) is 0 Å². The highest BCUT2D eigenvalue weighted by molar-refractivity contribution is 7.14. The third kappa shape index (κ3) is 3.46. The van der Waals surface area contributed by atoms with Gasteiger partial charge in [-0.2, -0.15) is 5.10 Å². The van der Waals surface area contributed by atoms with E-state index in [1.165, 1.54) is 11.3 Å². The van der Waals surface area contributed by atoms with Gasteiger partial charge < -0.3 is 10.1 Å². The van der Waals surface area contributed by atoms with Gasteiger partial charge in [0.15, 0.2) is 0 Å². The second-order valence-corrected chi connectivity index (χ2v) is 6.38. The molecule has 0 saturated carbocycles. The van der Waals surface area contributed by atoms with Crippen LogP contribution in [0.1, 0.15) is 35.9 Å². The minimum absolute atomic E-state index is 0.205. The maximum Gasteiger partial charge on any atom is 0.255 e. The van der Waals surface area contributed by atoms with Crippen LogP contribution in [0.25, 0.3) is 4.96 Å². The van der Waals surface area contributed by atoms with E-state index in [9.17, 15) is 4.79 Å². The number of fused-ring (bicyclic) bond motifs is 1. The lowest BCUT2D eigenvalue weighted by Gasteiger charge is -2.14. The first-order valence-electron chi connectivity index (χ1n) is 7.50. The third-order valence-electron chi connectivity index (χ3n) is 3.40. The summed E-state index contributed by atoms with van der Waals surface area (Å²) in [5.74, 6) is 0.335. The molecule has 3 aromatic rings. The van der Waals surface area contributed by atoms with E-state index in [-0.39, 0.29) is 11.9 Å². The summed E-state index contributed by atoms with van der Waals surface area (Å²) in [5, 5.41) is 7.10. The van der Waals surface area contributed by atoms with Gasteiger partial charge in [0.25, 0.3) is 5.91 Å². The van der Waals surface area contributed by atoms with Crippen LogP contribution in [-0.2, 0) is 0 Å². The van der Waals surface area contributed by atoms with Gasteiger partial charge >= 0.3 is 0 Å². The molecule has 0 radical (unpaired) electrons. The third-order valence-corrected chi connectivity index (χ3v) is 4.09. The number of ether oxygens (including phenoxy) is 1. The van der Waals surface area contributed by atoms with Crippen molar-refractivity contribution in [3.8, 4) is 5.75 Å². The lowest BCUT2D eigenvalue weighted by Crippen LogP contribution is -2.27. The minimum atomic E-state index is -0.236. The van der Waals surface area contributed by atoms with Crippen LogP contribution in [-0.4, -0.2) is 27.1 Å². The second kappa shape index (κ2) is 6.84. The van der Waals surface area contributed by atoms with Crippen LogP contribution < -0.4 is 10.1 Å². The number of carbonyl (C=O) groups excluding carboxylic acids is 1. The van der Waals surface area contributed by atoms with Crippen LogP contribution in [0.2, 0.25) is 0 Å². The maximum absolute atomic E-state index is 12.6. The fourth-order valence-electron chi connectivity index (χ4n) is 2.19. The number of aromatic nitrogens is 3. The number of para-hydroxylation sites is 1. The summed E-state index contributed by atoms with van der Waals surface area (Å²) in [7, 11) is 0. The van der Waals surface area contributed by atoms with Gasteiger partial charge in [-0.15, -0.1) is 0 Å². The molecule has 124 valence electrons. The Hall–Kier alpha value is -2.67. The monoisotopic (exact) mass is 342 g/mol. The van der Waals surface area contributed by atoms with Crippen molar-refractivity contribution in [1.29, 1.82) is 0 Å². The standard InChI is InChI=1S/C17H18N4O2S/c1-11(2)9-23-15-7-5-4-6-13(15)16(22)19-12(3)14-8-21-17(20-14)24-10-18-21/h4-8,10,12H,1,9H2,2-3H3,(H,19,22)/t12-/m1/s1. The summed E-state index contributed by atoms with van der Waals surface area (Å²) in [6.45, 7) is 7.95. The molecule has 1 N–H and O–H groups in total. The molecule has 0 saturated heterocycles. The molecule has 0 aliphatic heterocycles. The van der Waals surface area contributed by atoms with E-state index in [0.29, 0.717) is 17.9 Å². The quantitative estimate of drug-likeness (QED) is 0.698. The Morgan fingerprint density at radius 1 is 1.46 bits per heavy atom. The number of amides is 1. The molecule has 24 heavy (non-hydrogen) atoms. The SMILES string of the molecule is C=C(C)COc1ccccc1C(=O)N[C@H](C)c1cn2ncsc2n1. The molecular formula is C17H18N4O2S. The Morgan fingerprint density at radius 2 is 2.25 bits per heavy atom. The van der Waals surface area contributed by atoms with Crippen molar-refractivity contribution >= 4 is 22.2 Å². The molecule has 1 amide bonds. The highest BCUT2D eigenvalue weighted by Gasteiger charge is 2.18. The number of nitrogens with zero attached hydrogens (tertiary/aromatic N) is 3. The average molecular weight is 342 g/mol. The van der Waals surface area contributed by atoms with Crippen LogP contribution in [0.4, 0.5) is 0 Å². The number of rotatable bonds is 6. The zero-order valence-electron chi connectivity index (χ0n) is 13.5. The molecule has 0 aliphatic carbocycles. The number of hydrogen-bond acceptors (Lipinski definition) is 5. The van der Waals surface area contributed by atoms with Gasteiger partial charge in [-0.05, 0) is 31.6 Å². The number of carbonyl (C=O) groups is 1. The first kappa shape index (κ1) is 16.2. The molecule has 2 heterocycles. The highest BCUT2D eigenvalue weighted by atomic mass is 32.1. The van der Waals surface area contributed by atoms with Gasteiger partial charge in [-0.1, -0.05) is 30.0 Å². The summed E-state index contributed by atoms with van der Waals surface area (Å²) in [5.41, 5.74) is 3.88. The molecule has 2 aromatic heterocycles. The molecule has 0 aliphatic rings. The predicted octanol–water partition coefficient (Wildman–Crippen LogP) is 3.24. The minimum Gasteiger partial charge on any atom is -0.488 e. The van der Waals surface area contributed by atoms with Crippen LogP contribution >= 0.6 is 11.3 Å². The van der Waals surface area contributed by atoms with Gasteiger partial charge in [0.1, 0.15) is 17.9 Å². The first-order valence-corrected chi connectivity index (χ1v) is 8.38. The molecule has 1 aromatic carbocycles. The lowest BCUT2D eigenvalue weighted by atomic mass is 10.1. The Morgan fingerprint density at radius 3 is 3.00 bits per heavy atom. The number of hydrogen-bond donors (Lipinski definition) is 1. The largest absolute Gasteiger partial charge is 0.488 e. The smallest absolute Gasteiger partial charge is 0.255 e. The molecule has 6 nitrogen and oxygen atoms in total. The topological polar surface area (TPSA) is 68.5 Å². The van der Waals surface area contributed by atoms with E-state index < -0.39 is 0 Å². The van der Waals surface area contributed by atoms with Gasteiger partial charge in [0.05, 0.1) is 23.5 Å². The van der Waals surface area contributed by atoms with E-state index in [1.54, 1.807) is 22.2 Å². The van der Waals surface area contributed by atoms with Gasteiger partial charge in [0.2, 0.25) is 4.96 Å². The highest BCUT2D eigenvalue weighted by Crippen LogP contribution is 2.21. The summed E-state index contributed by atoms with van der Waals surface area (Å²) in [4.78, 5) is 17.9. The second-order valence-electron chi connectivity index (χ2n) is 5.57. The molecule has 1 atom stereocenters. The molecule has 0 fully saturated rings. The van der Waals surface area contributed by atoms with E-state index in [2.05, 4.69) is 22.0 Å². The van der Waals surface area contributed by atoms with E-state index in [1.807, 2.05) is 32.2 Å². The molecule has 0 spiro atoms.